The first-order valence-electron chi connectivity index (χ1n) is 18.2. The molecule has 12 rings (SSSR count). The minimum atomic E-state index is -0.793. The van der Waals surface area contributed by atoms with Gasteiger partial charge in [-0.1, -0.05) is 78.5 Å². The molecule has 1 spiro atoms. The van der Waals surface area contributed by atoms with E-state index in [1.165, 1.54) is 9.79 Å². The van der Waals surface area contributed by atoms with Gasteiger partial charge in [0.2, 0.25) is 0 Å². The van der Waals surface area contributed by atoms with E-state index in [0.717, 1.165) is 89.7 Å². The fraction of sp³-hybridized carbons (Fsp3) is 0.0208. The molecular weight excluding hydrogens is 695 g/mol. The van der Waals surface area contributed by atoms with E-state index in [4.69, 9.17) is 14.7 Å². The molecule has 256 valence electrons. The smallest absolute Gasteiger partial charge is 0.132 e. The number of anilines is 3. The van der Waals surface area contributed by atoms with Gasteiger partial charge in [-0.3, -0.25) is 9.97 Å². The molecule has 0 fully saturated rings. The molecule has 7 heteroatoms. The number of hydrogen-bond donors (Lipinski definition) is 0. The molecule has 55 heavy (non-hydrogen) atoms. The lowest BCUT2D eigenvalue weighted by molar-refractivity contribution is 0.436. The Bertz CT molecular complexity index is 3120. The van der Waals surface area contributed by atoms with Gasteiger partial charge in [0.05, 0.1) is 62.7 Å². The van der Waals surface area contributed by atoms with Crippen LogP contribution in [-0.2, 0) is 5.41 Å². The van der Waals surface area contributed by atoms with E-state index < -0.39 is 5.41 Å². The average Bonchev–Trinajstić information content (AvgIpc) is 3.73. The number of hydrogen-bond acceptors (Lipinski definition) is 6. The largest absolute Gasteiger partial charge is 0.457 e. The van der Waals surface area contributed by atoms with Gasteiger partial charge in [0, 0.05) is 49.1 Å². The molecule has 0 amide bonds. The number of ether oxygens (including phenoxy) is 1. The monoisotopic (exact) mass is 721 g/mol. The normalized spacial score (nSPS) is 15.7. The fourth-order valence-corrected chi connectivity index (χ4v) is 10.2. The number of nitrogens with zero attached hydrogens (tertiary/aromatic N) is 5. The lowest BCUT2D eigenvalue weighted by Crippen LogP contribution is -2.32. The molecule has 1 aliphatic carbocycles. The van der Waals surface area contributed by atoms with E-state index in [2.05, 4.69) is 137 Å². The van der Waals surface area contributed by atoms with Crippen LogP contribution in [0.3, 0.4) is 0 Å². The molecule has 9 aromatic rings. The van der Waals surface area contributed by atoms with E-state index in [9.17, 15) is 5.26 Å². The topological polar surface area (TPSA) is 67.0 Å². The Balaban J connectivity index is 1.16. The van der Waals surface area contributed by atoms with E-state index in [1.54, 1.807) is 11.8 Å². The maximum absolute atomic E-state index is 9.80. The highest BCUT2D eigenvalue weighted by Gasteiger charge is 2.53. The van der Waals surface area contributed by atoms with Crippen LogP contribution in [0.15, 0.2) is 174 Å². The number of para-hydroxylation sites is 4. The maximum atomic E-state index is 9.80. The zero-order valence-corrected chi connectivity index (χ0v) is 30.0. The third-order valence-electron chi connectivity index (χ3n) is 11.3. The van der Waals surface area contributed by atoms with Crippen LogP contribution >= 0.6 is 11.8 Å². The van der Waals surface area contributed by atoms with Crippen molar-refractivity contribution < 1.29 is 4.74 Å². The van der Waals surface area contributed by atoms with E-state index in [1.807, 2.05) is 42.7 Å². The molecule has 1 atom stereocenters. The molecular formula is C48H27N5OS. The molecule has 0 saturated heterocycles. The van der Waals surface area contributed by atoms with Crippen LogP contribution in [0.1, 0.15) is 27.8 Å². The second kappa shape index (κ2) is 11.2. The minimum absolute atomic E-state index is 0.631. The number of pyridine rings is 2. The standard InChI is InChI=1S/C48H27N5OS/c49-27-29-19-21-39-33(24-29)32-10-1-3-13-38(32)53(39)31-26-37-47(51-28-31)46-35(12-9-23-50-46)48(37)34-11-2-6-16-42(34)54-43-22-20-30(25-36(43)48)52-40-14-4-7-17-44(40)55-45-18-8-5-15-41(45)52/h1-26,28H. The highest BCUT2D eigenvalue weighted by atomic mass is 32.2. The summed E-state index contributed by atoms with van der Waals surface area (Å²) < 4.78 is 9.09. The van der Waals surface area contributed by atoms with Gasteiger partial charge in [-0.2, -0.15) is 5.26 Å². The highest BCUT2D eigenvalue weighted by Crippen LogP contribution is 2.62. The lowest BCUT2D eigenvalue weighted by Gasteiger charge is -2.40. The van der Waals surface area contributed by atoms with Gasteiger partial charge in [-0.15, -0.1) is 0 Å². The quantitative estimate of drug-likeness (QED) is 0.177. The van der Waals surface area contributed by atoms with Gasteiger partial charge < -0.3 is 14.2 Å². The molecule has 6 nitrogen and oxygen atoms in total. The molecule has 5 heterocycles. The second-order valence-corrected chi connectivity index (χ2v) is 15.2. The molecule has 1 unspecified atom stereocenters. The van der Waals surface area contributed by atoms with Crippen molar-refractivity contribution in [2.45, 2.75) is 15.2 Å². The Morgan fingerprint density at radius 1 is 0.564 bits per heavy atom. The van der Waals surface area contributed by atoms with E-state index >= 15 is 0 Å². The summed E-state index contributed by atoms with van der Waals surface area (Å²) in [7, 11) is 0. The van der Waals surface area contributed by atoms with Crippen molar-refractivity contribution in [1.82, 2.24) is 14.5 Å². The first kappa shape index (κ1) is 30.3. The number of rotatable bonds is 2. The van der Waals surface area contributed by atoms with Crippen LogP contribution < -0.4 is 9.64 Å². The number of aromatic nitrogens is 3. The Morgan fingerprint density at radius 2 is 1.25 bits per heavy atom. The third kappa shape index (κ3) is 4.04. The molecule has 2 aliphatic heterocycles. The Hall–Kier alpha value is -7.14. The minimum Gasteiger partial charge on any atom is -0.457 e. The van der Waals surface area contributed by atoms with Crippen LogP contribution in [0.2, 0.25) is 0 Å². The summed E-state index contributed by atoms with van der Waals surface area (Å²) in [5.74, 6) is 1.60. The van der Waals surface area contributed by atoms with Gasteiger partial charge in [0.1, 0.15) is 11.5 Å². The van der Waals surface area contributed by atoms with Crippen molar-refractivity contribution in [2.75, 3.05) is 4.90 Å². The van der Waals surface area contributed by atoms with Gasteiger partial charge >= 0.3 is 0 Å². The van der Waals surface area contributed by atoms with Gasteiger partial charge in [-0.05, 0) is 90.5 Å². The molecule has 6 aromatic carbocycles. The summed E-state index contributed by atoms with van der Waals surface area (Å²) in [4.78, 5) is 15.1. The predicted octanol–water partition coefficient (Wildman–Crippen LogP) is 11.8. The van der Waals surface area contributed by atoms with Gasteiger partial charge in [0.15, 0.2) is 0 Å². The Kier molecular flexibility index (Phi) is 6.17. The van der Waals surface area contributed by atoms with Crippen LogP contribution in [0.25, 0.3) is 38.9 Å². The van der Waals surface area contributed by atoms with Crippen molar-refractivity contribution >= 4 is 50.6 Å². The summed E-state index contributed by atoms with van der Waals surface area (Å²) in [6.07, 6.45) is 3.82. The summed E-state index contributed by atoms with van der Waals surface area (Å²) in [5.41, 5.74) is 12.1. The zero-order valence-electron chi connectivity index (χ0n) is 29.1. The first-order chi connectivity index (χ1) is 27.2. The molecule has 0 N–H and O–H groups in total. The molecule has 3 aliphatic rings. The highest BCUT2D eigenvalue weighted by molar-refractivity contribution is 7.99. The zero-order chi connectivity index (χ0) is 36.3. The van der Waals surface area contributed by atoms with Crippen LogP contribution in [0, 0.1) is 11.3 Å². The summed E-state index contributed by atoms with van der Waals surface area (Å²) >= 11 is 1.80. The third-order valence-corrected chi connectivity index (χ3v) is 12.5. The molecule has 0 saturated carbocycles. The SMILES string of the molecule is N#Cc1ccc2c(c1)c1ccccc1n2-c1cnc2c(c1)C1(c3ccccc3Oc3ccc(N4c5ccccc5Sc5ccccc54)cc31)c1cccnc1-2. The Morgan fingerprint density at radius 3 is 2.11 bits per heavy atom. The van der Waals surface area contributed by atoms with Crippen molar-refractivity contribution in [3.05, 3.63) is 192 Å². The van der Waals surface area contributed by atoms with Crippen molar-refractivity contribution in [1.29, 1.82) is 5.26 Å². The first-order valence-corrected chi connectivity index (χ1v) is 19.0. The van der Waals surface area contributed by atoms with Gasteiger partial charge in [0.25, 0.3) is 0 Å². The van der Waals surface area contributed by atoms with Crippen LogP contribution in [0.5, 0.6) is 11.5 Å². The van der Waals surface area contributed by atoms with Gasteiger partial charge in [-0.25, -0.2) is 0 Å². The average molecular weight is 722 g/mol. The molecule has 0 radical (unpaired) electrons. The van der Waals surface area contributed by atoms with Crippen molar-refractivity contribution in [3.8, 4) is 34.6 Å². The summed E-state index contributed by atoms with van der Waals surface area (Å²) in [6.45, 7) is 0. The van der Waals surface area contributed by atoms with Crippen LogP contribution in [-0.4, -0.2) is 14.5 Å². The van der Waals surface area contributed by atoms with E-state index in [0.29, 0.717) is 5.56 Å². The van der Waals surface area contributed by atoms with Crippen LogP contribution in [0.4, 0.5) is 17.1 Å². The molecule has 0 bridgehead atoms. The number of nitriles is 1. The fourth-order valence-electron chi connectivity index (χ4n) is 9.14. The lowest BCUT2D eigenvalue weighted by atomic mass is 9.66. The predicted molar refractivity (Wildman–Crippen MR) is 217 cm³/mol. The maximum Gasteiger partial charge on any atom is 0.132 e. The van der Waals surface area contributed by atoms with Crippen molar-refractivity contribution in [3.63, 3.8) is 0 Å². The van der Waals surface area contributed by atoms with E-state index in [-0.39, 0.29) is 0 Å². The second-order valence-electron chi connectivity index (χ2n) is 14.1. The van der Waals surface area contributed by atoms with Crippen molar-refractivity contribution in [2.24, 2.45) is 0 Å². The number of benzene rings is 6. The summed E-state index contributed by atoms with van der Waals surface area (Å²) in [5, 5.41) is 11.9. The Labute approximate surface area is 320 Å². The molecule has 3 aromatic heterocycles. The number of fused-ring (bicyclic) bond motifs is 14. The summed E-state index contributed by atoms with van der Waals surface area (Å²) in [6, 6.07) is 55.4.